The predicted octanol–water partition coefficient (Wildman–Crippen LogP) is 3.02. The number of aryl methyl sites for hydroxylation is 2. The van der Waals surface area contributed by atoms with E-state index in [0.29, 0.717) is 18.4 Å². The molecule has 0 spiro atoms. The molecule has 0 bridgehead atoms. The van der Waals surface area contributed by atoms with Crippen LogP contribution in [-0.2, 0) is 35.8 Å². The van der Waals surface area contributed by atoms with E-state index in [1.807, 2.05) is 13.1 Å². The molecule has 0 fully saturated rings. The molecule has 1 aliphatic rings. The second kappa shape index (κ2) is 9.52. The number of rotatable bonds is 9. The molecule has 6 nitrogen and oxygen atoms in total. The first-order valence-corrected chi connectivity index (χ1v) is 12.4. The van der Waals surface area contributed by atoms with Gasteiger partial charge in [0.05, 0.1) is 6.33 Å². The van der Waals surface area contributed by atoms with E-state index in [1.165, 1.54) is 35.3 Å². The minimum atomic E-state index is -3.77. The Hall–Kier alpha value is -2.55. The predicted molar refractivity (Wildman–Crippen MR) is 122 cm³/mol. The maximum absolute atomic E-state index is 13.7. The second-order valence-electron chi connectivity index (χ2n) is 8.59. The molecular formula is C24H29FN4O2S. The second-order valence-corrected chi connectivity index (χ2v) is 10.1. The summed E-state index contributed by atoms with van der Waals surface area (Å²) in [4.78, 5) is 3.86. The van der Waals surface area contributed by atoms with Gasteiger partial charge >= 0.3 is 0 Å². The number of benzene rings is 2. The summed E-state index contributed by atoms with van der Waals surface area (Å²) in [6, 6.07) is 13.6. The number of imidazole rings is 1. The highest BCUT2D eigenvalue weighted by Crippen LogP contribution is 2.40. The number of fused-ring (bicyclic) bond motifs is 1. The van der Waals surface area contributed by atoms with Crippen LogP contribution in [0.25, 0.3) is 0 Å². The van der Waals surface area contributed by atoms with Crippen LogP contribution in [0.5, 0.6) is 0 Å². The first-order chi connectivity index (χ1) is 15.3. The van der Waals surface area contributed by atoms with E-state index in [-0.39, 0.29) is 10.8 Å². The van der Waals surface area contributed by atoms with E-state index in [2.05, 4.69) is 28.5 Å². The molecule has 1 aromatic heterocycles. The van der Waals surface area contributed by atoms with Gasteiger partial charge in [-0.15, -0.1) is 0 Å². The third kappa shape index (κ3) is 5.26. The number of primary sulfonamides is 1. The highest BCUT2D eigenvalue weighted by molar-refractivity contribution is 7.89. The fraction of sp³-hybridized carbons (Fsp3) is 0.375. The van der Waals surface area contributed by atoms with Gasteiger partial charge in [-0.25, -0.2) is 22.9 Å². The molecule has 4 rings (SSSR count). The van der Waals surface area contributed by atoms with Gasteiger partial charge in [-0.05, 0) is 85.5 Å². The minimum Gasteiger partial charge on any atom is -0.336 e. The molecule has 0 amide bonds. The topological polar surface area (TPSA) is 90.0 Å². The average Bonchev–Trinajstić information content (AvgIpc) is 3.34. The maximum Gasteiger partial charge on any atom is 0.257 e. The van der Waals surface area contributed by atoms with Crippen LogP contribution in [0.2, 0.25) is 0 Å². The summed E-state index contributed by atoms with van der Waals surface area (Å²) in [5, 5.41) is 8.33. The van der Waals surface area contributed by atoms with Gasteiger partial charge in [0.1, 0.15) is 5.82 Å². The van der Waals surface area contributed by atoms with Crippen molar-refractivity contribution in [3.05, 3.63) is 83.1 Å². The monoisotopic (exact) mass is 456 g/mol. The van der Waals surface area contributed by atoms with Gasteiger partial charge in [0.2, 0.25) is 0 Å². The first kappa shape index (κ1) is 22.6. The zero-order chi connectivity index (χ0) is 22.7. The lowest BCUT2D eigenvalue weighted by Crippen LogP contribution is -2.23. The number of hydrogen-bond acceptors (Lipinski definition) is 4. The molecule has 0 saturated heterocycles. The molecule has 1 heterocycles. The molecule has 0 aliphatic heterocycles. The van der Waals surface area contributed by atoms with Crippen molar-refractivity contribution in [2.45, 2.75) is 43.2 Å². The SMILES string of the molecule is CNCC1Cc2ccc(CCCn3cnc(S(N)(=O)=O)c3)cc2C1Cc1cccc(F)c1. The van der Waals surface area contributed by atoms with E-state index in [4.69, 9.17) is 5.14 Å². The van der Waals surface area contributed by atoms with E-state index < -0.39 is 10.0 Å². The maximum atomic E-state index is 13.7. The summed E-state index contributed by atoms with van der Waals surface area (Å²) in [5.74, 6) is 0.644. The Morgan fingerprint density at radius 3 is 2.78 bits per heavy atom. The first-order valence-electron chi connectivity index (χ1n) is 10.9. The van der Waals surface area contributed by atoms with Crippen LogP contribution >= 0.6 is 0 Å². The summed E-state index contributed by atoms with van der Waals surface area (Å²) in [7, 11) is -1.79. The van der Waals surface area contributed by atoms with Gasteiger partial charge in [0, 0.05) is 12.7 Å². The highest BCUT2D eigenvalue weighted by atomic mass is 32.2. The Balaban J connectivity index is 1.46. The van der Waals surface area contributed by atoms with Crippen LogP contribution in [0.4, 0.5) is 4.39 Å². The molecule has 170 valence electrons. The largest absolute Gasteiger partial charge is 0.336 e. The smallest absolute Gasteiger partial charge is 0.257 e. The molecule has 2 unspecified atom stereocenters. The van der Waals surface area contributed by atoms with Gasteiger partial charge < -0.3 is 9.88 Å². The summed E-state index contributed by atoms with van der Waals surface area (Å²) in [5.41, 5.74) is 5.03. The van der Waals surface area contributed by atoms with E-state index in [9.17, 15) is 12.8 Å². The van der Waals surface area contributed by atoms with Gasteiger partial charge in [0.25, 0.3) is 10.0 Å². The van der Waals surface area contributed by atoms with E-state index in [1.54, 1.807) is 16.7 Å². The Bertz CT molecular complexity index is 1190. The molecule has 1 aliphatic carbocycles. The molecule has 2 aromatic carbocycles. The fourth-order valence-corrected chi connectivity index (χ4v) is 5.23. The zero-order valence-corrected chi connectivity index (χ0v) is 19.0. The van der Waals surface area contributed by atoms with Crippen molar-refractivity contribution in [3.8, 4) is 0 Å². The van der Waals surface area contributed by atoms with Crippen molar-refractivity contribution < 1.29 is 12.8 Å². The lowest BCUT2D eigenvalue weighted by Gasteiger charge is -2.21. The van der Waals surface area contributed by atoms with Crippen LogP contribution < -0.4 is 10.5 Å². The van der Waals surface area contributed by atoms with Crippen molar-refractivity contribution in [2.75, 3.05) is 13.6 Å². The summed E-state index contributed by atoms with van der Waals surface area (Å²) < 4.78 is 38.2. The van der Waals surface area contributed by atoms with Gasteiger partial charge in [0.15, 0.2) is 5.03 Å². The van der Waals surface area contributed by atoms with Crippen molar-refractivity contribution in [2.24, 2.45) is 11.1 Å². The zero-order valence-electron chi connectivity index (χ0n) is 18.2. The number of hydrogen-bond donors (Lipinski definition) is 2. The van der Waals surface area contributed by atoms with Crippen molar-refractivity contribution in [1.29, 1.82) is 0 Å². The van der Waals surface area contributed by atoms with Crippen LogP contribution in [0.1, 0.15) is 34.6 Å². The quantitative estimate of drug-likeness (QED) is 0.518. The molecule has 2 atom stereocenters. The van der Waals surface area contributed by atoms with Crippen molar-refractivity contribution >= 4 is 10.0 Å². The third-order valence-corrected chi connectivity index (χ3v) is 7.05. The molecule has 32 heavy (non-hydrogen) atoms. The fourth-order valence-electron chi connectivity index (χ4n) is 4.76. The van der Waals surface area contributed by atoms with E-state index >= 15 is 0 Å². The molecule has 3 N–H and O–H groups in total. The van der Waals surface area contributed by atoms with Crippen LogP contribution in [-0.4, -0.2) is 31.6 Å². The highest BCUT2D eigenvalue weighted by Gasteiger charge is 2.32. The summed E-state index contributed by atoms with van der Waals surface area (Å²) in [6.45, 7) is 1.59. The Labute approximate surface area is 188 Å². The molecular weight excluding hydrogens is 427 g/mol. The number of aromatic nitrogens is 2. The minimum absolute atomic E-state index is 0.106. The normalized spacial score (nSPS) is 18.1. The third-order valence-electron chi connectivity index (χ3n) is 6.25. The van der Waals surface area contributed by atoms with E-state index in [0.717, 1.165) is 37.8 Å². The summed E-state index contributed by atoms with van der Waals surface area (Å²) in [6.07, 6.45) is 6.55. The molecule has 3 aromatic rings. The molecule has 8 heteroatoms. The lowest BCUT2D eigenvalue weighted by molar-refractivity contribution is 0.435. The van der Waals surface area contributed by atoms with Crippen molar-refractivity contribution in [1.82, 2.24) is 14.9 Å². The molecule has 0 radical (unpaired) electrons. The van der Waals surface area contributed by atoms with Crippen LogP contribution in [0.3, 0.4) is 0 Å². The van der Waals surface area contributed by atoms with Gasteiger partial charge in [-0.3, -0.25) is 0 Å². The Morgan fingerprint density at radius 2 is 2.06 bits per heavy atom. The average molecular weight is 457 g/mol. The van der Waals surface area contributed by atoms with Crippen molar-refractivity contribution in [3.63, 3.8) is 0 Å². The lowest BCUT2D eigenvalue weighted by atomic mass is 9.86. The van der Waals surface area contributed by atoms with Gasteiger partial charge in [-0.1, -0.05) is 30.3 Å². The molecule has 0 saturated carbocycles. The number of nitrogens with zero attached hydrogens (tertiary/aromatic N) is 2. The summed E-state index contributed by atoms with van der Waals surface area (Å²) >= 11 is 0. The standard InChI is InChI=1S/C24H29FN4O2S/c1-27-14-20-13-19-8-7-17(5-3-9-29-15-24(28-16-29)32(26,30)31)11-22(19)23(20)12-18-4-2-6-21(25)10-18/h2,4,6-8,10-11,15-16,20,23,27H,3,5,9,12-14H2,1H3,(H2,26,30,31). The van der Waals surface area contributed by atoms with Gasteiger partial charge in [-0.2, -0.15) is 0 Å². The van der Waals surface area contributed by atoms with Crippen LogP contribution in [0, 0.1) is 11.7 Å². The Kier molecular flexibility index (Phi) is 6.74. The number of nitrogens with one attached hydrogen (secondary N) is 1. The number of halogens is 1. The Morgan fingerprint density at radius 1 is 1.22 bits per heavy atom. The van der Waals surface area contributed by atoms with Crippen LogP contribution in [0.15, 0.2) is 60.0 Å². The number of sulfonamides is 1. The number of nitrogens with two attached hydrogens (primary N) is 1.